The molecular formula is Cl6KMo. The van der Waals surface area contributed by atoms with E-state index < -0.39 is 7.31 Å². The van der Waals surface area contributed by atoms with Crippen LogP contribution in [0, 0.1) is 0 Å². The summed E-state index contributed by atoms with van der Waals surface area (Å²) in [5.41, 5.74) is 0. The van der Waals surface area contributed by atoms with Crippen molar-refractivity contribution in [3.05, 3.63) is 0 Å². The van der Waals surface area contributed by atoms with Crippen molar-refractivity contribution >= 4 is 56.5 Å². The molecule has 8 heavy (non-hydrogen) atoms. The first-order chi connectivity index (χ1) is 2.45. The van der Waals surface area contributed by atoms with Crippen LogP contribution in [0.2, 0.25) is 0 Å². The Kier molecular flexibility index (Phi) is 5.62. The minimum Gasteiger partial charge on any atom is 1.00 e. The van der Waals surface area contributed by atoms with Crippen LogP contribution in [0.1, 0.15) is 0 Å². The largest absolute Gasteiger partial charge is 1.00 e. The Labute approximate surface area is 112 Å². The summed E-state index contributed by atoms with van der Waals surface area (Å²) in [6, 6.07) is 0. The summed E-state index contributed by atoms with van der Waals surface area (Å²) in [7, 11) is 25.0. The van der Waals surface area contributed by atoms with Gasteiger partial charge >= 0.3 is 115 Å². The van der Waals surface area contributed by atoms with E-state index in [-0.39, 0.29) is 51.4 Å². The van der Waals surface area contributed by atoms with Crippen LogP contribution in [-0.2, 0) is 7.31 Å². The summed E-state index contributed by atoms with van der Waals surface area (Å²) < 4.78 is 0. The molecule has 0 aromatic carbocycles. The van der Waals surface area contributed by atoms with Gasteiger partial charge in [0.25, 0.3) is 0 Å². The normalized spacial score (nSPS) is 20.2. The van der Waals surface area contributed by atoms with Crippen LogP contribution in [0.25, 0.3) is 0 Å². The van der Waals surface area contributed by atoms with Gasteiger partial charge in [-0.05, 0) is 0 Å². The average molecular weight is 348 g/mol. The molecule has 8 heteroatoms. The Morgan fingerprint density at radius 1 is 0.625 bits per heavy atom. The predicted octanol–water partition coefficient (Wildman–Crippen LogP) is 1.14. The molecule has 0 fully saturated rings. The molecule has 0 atom stereocenters. The Morgan fingerprint density at radius 2 is 0.625 bits per heavy atom. The van der Waals surface area contributed by atoms with Gasteiger partial charge in [-0.25, -0.2) is 0 Å². The van der Waals surface area contributed by atoms with Gasteiger partial charge < -0.3 is 0 Å². The van der Waals surface area contributed by atoms with Gasteiger partial charge in [0.15, 0.2) is 0 Å². The molecule has 0 amide bonds. The Balaban J connectivity index is 0. The fraction of sp³-hybridized carbons (Fsp3) is 0. The Morgan fingerprint density at radius 3 is 0.625 bits per heavy atom. The van der Waals surface area contributed by atoms with E-state index in [0.717, 1.165) is 0 Å². The second-order valence-electron chi connectivity index (χ2n) is 0.875. The third-order valence-corrected chi connectivity index (χ3v) is 0. The second-order valence-corrected chi connectivity index (χ2v) is 46.6. The molecule has 0 N–H and O–H groups in total. The van der Waals surface area contributed by atoms with Crippen LogP contribution in [0.5, 0.6) is 0 Å². The van der Waals surface area contributed by atoms with Gasteiger partial charge in [0, 0.05) is 0 Å². The van der Waals surface area contributed by atoms with Gasteiger partial charge in [-0.15, -0.1) is 0 Å². The molecule has 0 aromatic rings. The zero-order chi connectivity index (χ0) is 6.41. The molecule has 0 aliphatic carbocycles. The van der Waals surface area contributed by atoms with Crippen molar-refractivity contribution in [1.29, 1.82) is 0 Å². The zero-order valence-electron chi connectivity index (χ0n) is 3.68. The van der Waals surface area contributed by atoms with Crippen LogP contribution in [0.4, 0.5) is 0 Å². The molecule has 0 bridgehead atoms. The van der Waals surface area contributed by atoms with E-state index in [1.165, 1.54) is 0 Å². The zero-order valence-corrected chi connectivity index (χ0v) is 13.3. The summed E-state index contributed by atoms with van der Waals surface area (Å²) in [6.07, 6.45) is 0. The molecule has 0 spiro atoms. The number of hydrogen-bond acceptors (Lipinski definition) is 0. The summed E-state index contributed by atoms with van der Waals surface area (Å²) in [4.78, 5) is 0. The van der Waals surface area contributed by atoms with Crippen molar-refractivity contribution in [1.82, 2.24) is 0 Å². The van der Waals surface area contributed by atoms with Crippen molar-refractivity contribution in [3.8, 4) is 0 Å². The van der Waals surface area contributed by atoms with Gasteiger partial charge in [0.2, 0.25) is 0 Å². The van der Waals surface area contributed by atoms with Crippen molar-refractivity contribution in [2.45, 2.75) is 0 Å². The quantitative estimate of drug-likeness (QED) is 0.577. The van der Waals surface area contributed by atoms with Crippen molar-refractivity contribution in [2.24, 2.45) is 0 Å². The summed E-state index contributed by atoms with van der Waals surface area (Å²) in [6.45, 7) is 0. The third kappa shape index (κ3) is 50.1. The van der Waals surface area contributed by atoms with Crippen LogP contribution in [0.3, 0.4) is 0 Å². The van der Waals surface area contributed by atoms with Gasteiger partial charge in [-0.3, -0.25) is 0 Å². The molecule has 0 aromatic heterocycles. The first kappa shape index (κ1) is 14.6. The first-order valence-corrected chi connectivity index (χ1v) is 16.4. The van der Waals surface area contributed by atoms with Crippen LogP contribution in [0.15, 0.2) is 0 Å². The van der Waals surface area contributed by atoms with Crippen LogP contribution >= 0.6 is 56.5 Å². The standard InChI is InChI=1S/6ClH.K.Mo/h6*1H;;/q;;;;;;+1;+5/p-6. The molecule has 0 rings (SSSR count). The van der Waals surface area contributed by atoms with Gasteiger partial charge in [-0.2, -0.15) is 0 Å². The van der Waals surface area contributed by atoms with Crippen LogP contribution in [-0.4, -0.2) is 0 Å². The van der Waals surface area contributed by atoms with Crippen molar-refractivity contribution in [3.63, 3.8) is 0 Å². The topological polar surface area (TPSA) is 0 Å². The second kappa shape index (κ2) is 3.08. The van der Waals surface area contributed by atoms with Gasteiger partial charge in [-0.1, -0.05) is 0 Å². The predicted molar refractivity (Wildman–Crippen MR) is 35.1 cm³/mol. The number of rotatable bonds is 0. The minimum absolute atomic E-state index is 0. The third-order valence-electron chi connectivity index (χ3n) is 0. The fourth-order valence-corrected chi connectivity index (χ4v) is 0. The number of hydrogen-bond donors (Lipinski definition) is 0. The smallest absolute Gasteiger partial charge is 1.00 e. The van der Waals surface area contributed by atoms with E-state index in [2.05, 4.69) is 0 Å². The maximum atomic E-state index is 5.06. The molecule has 0 saturated carbocycles. The molecule has 0 heterocycles. The van der Waals surface area contributed by atoms with E-state index in [0.29, 0.717) is 0 Å². The van der Waals surface area contributed by atoms with E-state index in [4.69, 9.17) is 56.5 Å². The maximum Gasteiger partial charge on any atom is 1.00 e. The van der Waals surface area contributed by atoms with Gasteiger partial charge in [0.1, 0.15) is 0 Å². The molecule has 0 nitrogen and oxygen atoms in total. The molecule has 0 unspecified atom stereocenters. The summed E-state index contributed by atoms with van der Waals surface area (Å²) in [5.74, 6) is 0. The first-order valence-electron chi connectivity index (χ1n) is 0.926. The minimum atomic E-state index is -5.35. The Bertz CT molecular complexity index is 67.1. The van der Waals surface area contributed by atoms with Crippen LogP contribution < -0.4 is 51.4 Å². The maximum absolute atomic E-state index is 5.35. The summed E-state index contributed by atoms with van der Waals surface area (Å²) in [5, 5.41) is 0. The SMILES string of the molecule is [Cl][Mo-]([Cl])([Cl])([Cl])([Cl])[Cl].[K+]. The molecule has 0 saturated heterocycles. The van der Waals surface area contributed by atoms with Crippen molar-refractivity contribution < 1.29 is 58.7 Å². The molecule has 0 aliphatic rings. The monoisotopic (exact) mass is 347 g/mol. The Hall–Kier alpha value is 4.06. The van der Waals surface area contributed by atoms with E-state index in [9.17, 15) is 0 Å². The van der Waals surface area contributed by atoms with Gasteiger partial charge in [0.05, 0.1) is 0 Å². The summed E-state index contributed by atoms with van der Waals surface area (Å²) >= 11 is 0. The average Bonchev–Trinajstić information content (AvgIpc) is 0.592. The van der Waals surface area contributed by atoms with E-state index in [1.54, 1.807) is 0 Å². The number of halogens is 6. The van der Waals surface area contributed by atoms with E-state index >= 15 is 0 Å². The fourth-order valence-electron chi connectivity index (χ4n) is 0. The molecule has 0 radical (unpaired) electrons. The van der Waals surface area contributed by atoms with Crippen molar-refractivity contribution in [2.75, 3.05) is 0 Å². The molecule has 0 aliphatic heterocycles. The molecule has 49 valence electrons. The molecular weight excluding hydrogens is 348 g/mol. The van der Waals surface area contributed by atoms with E-state index in [1.807, 2.05) is 0 Å².